The number of fused-ring (bicyclic) bond motifs is 2. The van der Waals surface area contributed by atoms with Crippen LogP contribution in [0.5, 0.6) is 11.5 Å². The molecule has 0 aliphatic rings. The van der Waals surface area contributed by atoms with Gasteiger partial charge in [-0.05, 0) is 48.5 Å². The normalized spacial score (nSPS) is 11.5. The van der Waals surface area contributed by atoms with Crippen LogP contribution in [-0.2, 0) is 10.0 Å². The number of para-hydroxylation sites is 1. The summed E-state index contributed by atoms with van der Waals surface area (Å²) in [6, 6.07) is 19.1. The number of hydrazine groups is 1. The molecular weight excluding hydrogens is 390 g/mol. The minimum absolute atomic E-state index is 0.117. The van der Waals surface area contributed by atoms with E-state index in [1.54, 1.807) is 19.2 Å². The van der Waals surface area contributed by atoms with Crippen molar-refractivity contribution in [3.05, 3.63) is 66.7 Å². The molecule has 4 rings (SSSR count). The first kappa shape index (κ1) is 19.0. The number of ether oxygens (including phenoxy) is 2. The molecule has 0 fully saturated rings. The Balaban J connectivity index is 1.77. The van der Waals surface area contributed by atoms with E-state index in [2.05, 4.69) is 15.2 Å². The smallest absolute Gasteiger partial charge is 0.257 e. The summed E-state index contributed by atoms with van der Waals surface area (Å²) in [4.78, 5) is 7.23. The second kappa shape index (κ2) is 7.57. The van der Waals surface area contributed by atoms with Crippen molar-refractivity contribution in [2.75, 3.05) is 19.6 Å². The molecule has 4 aromatic rings. The molecule has 0 saturated carbocycles. The largest absolute Gasteiger partial charge is 0.497 e. The van der Waals surface area contributed by atoms with Crippen molar-refractivity contribution in [2.24, 2.45) is 0 Å². The van der Waals surface area contributed by atoms with Crippen molar-refractivity contribution >= 4 is 37.5 Å². The van der Waals surface area contributed by atoms with E-state index in [0.29, 0.717) is 17.2 Å². The third-order valence-corrected chi connectivity index (χ3v) is 5.83. The molecule has 3 aromatic carbocycles. The molecule has 0 saturated heterocycles. The summed E-state index contributed by atoms with van der Waals surface area (Å²) in [7, 11) is -0.701. The summed E-state index contributed by atoms with van der Waals surface area (Å²) < 4.78 is 35.9. The average Bonchev–Trinajstić information content (AvgIpc) is 2.76. The maximum atomic E-state index is 12.7. The molecule has 7 nitrogen and oxygen atoms in total. The highest BCUT2D eigenvalue weighted by atomic mass is 32.2. The highest BCUT2D eigenvalue weighted by Crippen LogP contribution is 2.32. The molecule has 1 heterocycles. The summed E-state index contributed by atoms with van der Waals surface area (Å²) in [6.45, 7) is 0. The van der Waals surface area contributed by atoms with Crippen LogP contribution in [0.1, 0.15) is 0 Å². The fourth-order valence-electron chi connectivity index (χ4n) is 3.06. The minimum Gasteiger partial charge on any atom is -0.497 e. The Kier molecular flexibility index (Phi) is 4.96. The van der Waals surface area contributed by atoms with Crippen LogP contribution in [0.4, 0.5) is 5.69 Å². The van der Waals surface area contributed by atoms with Crippen LogP contribution in [-0.4, -0.2) is 27.6 Å². The number of pyridine rings is 1. The summed E-state index contributed by atoms with van der Waals surface area (Å²) in [5.41, 5.74) is 4.95. The molecule has 0 unspecified atom stereocenters. The van der Waals surface area contributed by atoms with Gasteiger partial charge < -0.3 is 14.9 Å². The zero-order valence-electron chi connectivity index (χ0n) is 15.8. The topological polar surface area (TPSA) is 89.6 Å². The standard InChI is InChI=1S/C21H19N3O4S/c1-27-14-7-10-16(11-8-14)29(25,26)24-23-21-17-5-3-4-6-19(17)22-20-12-9-15(28-2)13-18(20)21/h3-13,24H,1-2H3,(H,22,23). The van der Waals surface area contributed by atoms with Crippen molar-refractivity contribution in [3.8, 4) is 11.5 Å². The van der Waals surface area contributed by atoms with E-state index in [0.717, 1.165) is 21.8 Å². The quantitative estimate of drug-likeness (QED) is 0.373. The first-order valence-electron chi connectivity index (χ1n) is 8.80. The molecule has 0 aliphatic carbocycles. The van der Waals surface area contributed by atoms with Gasteiger partial charge in [-0.1, -0.05) is 18.2 Å². The van der Waals surface area contributed by atoms with Gasteiger partial charge in [0.2, 0.25) is 0 Å². The Bertz CT molecular complexity index is 1290. The lowest BCUT2D eigenvalue weighted by molar-refractivity contribution is 0.414. The van der Waals surface area contributed by atoms with E-state index in [-0.39, 0.29) is 4.90 Å². The van der Waals surface area contributed by atoms with Crippen molar-refractivity contribution in [1.29, 1.82) is 0 Å². The first-order chi connectivity index (χ1) is 14.0. The minimum atomic E-state index is -3.80. The van der Waals surface area contributed by atoms with Crippen molar-refractivity contribution in [3.63, 3.8) is 0 Å². The molecule has 2 N–H and O–H groups in total. The molecule has 8 heteroatoms. The molecule has 1 aromatic heterocycles. The predicted molar refractivity (Wildman–Crippen MR) is 113 cm³/mol. The molecule has 0 radical (unpaired) electrons. The van der Waals surface area contributed by atoms with Gasteiger partial charge in [0, 0.05) is 10.8 Å². The fourth-order valence-corrected chi connectivity index (χ4v) is 3.91. The molecule has 0 bridgehead atoms. The predicted octanol–water partition coefficient (Wildman–Crippen LogP) is 3.71. The molecular formula is C21H19N3O4S. The average molecular weight is 409 g/mol. The molecule has 148 valence electrons. The first-order valence-corrected chi connectivity index (χ1v) is 10.3. The Morgan fingerprint density at radius 2 is 1.45 bits per heavy atom. The number of anilines is 1. The van der Waals surface area contributed by atoms with Gasteiger partial charge in [-0.15, -0.1) is 4.83 Å². The summed E-state index contributed by atoms with van der Waals surface area (Å²) in [5, 5.41) is 1.52. The maximum Gasteiger partial charge on any atom is 0.257 e. The van der Waals surface area contributed by atoms with Gasteiger partial charge in [0.25, 0.3) is 10.0 Å². The number of methoxy groups -OCH3 is 2. The Morgan fingerprint density at radius 3 is 2.17 bits per heavy atom. The van der Waals surface area contributed by atoms with Crippen LogP contribution < -0.4 is 19.7 Å². The fraction of sp³-hybridized carbons (Fsp3) is 0.0952. The highest BCUT2D eigenvalue weighted by molar-refractivity contribution is 7.89. The molecule has 29 heavy (non-hydrogen) atoms. The lowest BCUT2D eigenvalue weighted by Crippen LogP contribution is -2.29. The lowest BCUT2D eigenvalue weighted by Gasteiger charge is -2.15. The van der Waals surface area contributed by atoms with Crippen molar-refractivity contribution in [2.45, 2.75) is 4.90 Å². The van der Waals surface area contributed by atoms with Crippen LogP contribution in [0, 0.1) is 0 Å². The van der Waals surface area contributed by atoms with E-state index < -0.39 is 10.0 Å². The second-order valence-corrected chi connectivity index (χ2v) is 7.98. The third kappa shape index (κ3) is 3.67. The Labute approximate surface area is 168 Å². The molecule has 0 atom stereocenters. The number of rotatable bonds is 6. The zero-order valence-corrected chi connectivity index (χ0v) is 16.7. The van der Waals surface area contributed by atoms with E-state index >= 15 is 0 Å². The zero-order chi connectivity index (χ0) is 20.4. The number of hydrogen-bond acceptors (Lipinski definition) is 6. The Hall–Kier alpha value is -3.36. The van der Waals surface area contributed by atoms with E-state index in [4.69, 9.17) is 9.47 Å². The van der Waals surface area contributed by atoms with Gasteiger partial charge in [-0.3, -0.25) is 0 Å². The van der Waals surface area contributed by atoms with Crippen LogP contribution >= 0.6 is 0 Å². The van der Waals surface area contributed by atoms with E-state index in [1.165, 1.54) is 19.2 Å². The number of hydrogen-bond donors (Lipinski definition) is 2. The van der Waals surface area contributed by atoms with Crippen molar-refractivity contribution < 1.29 is 17.9 Å². The summed E-state index contributed by atoms with van der Waals surface area (Å²) >= 11 is 0. The monoisotopic (exact) mass is 409 g/mol. The highest BCUT2D eigenvalue weighted by Gasteiger charge is 2.16. The van der Waals surface area contributed by atoms with Gasteiger partial charge >= 0.3 is 0 Å². The molecule has 0 spiro atoms. The number of benzene rings is 3. The van der Waals surface area contributed by atoms with E-state index in [1.807, 2.05) is 42.5 Å². The van der Waals surface area contributed by atoms with Gasteiger partial charge in [0.05, 0.1) is 35.8 Å². The maximum absolute atomic E-state index is 12.7. The summed E-state index contributed by atoms with van der Waals surface area (Å²) in [6.07, 6.45) is 0. The van der Waals surface area contributed by atoms with Gasteiger partial charge in [-0.2, -0.15) is 0 Å². The SMILES string of the molecule is COc1ccc(S(=O)(=O)NNc2c3ccccc3nc3ccc(OC)cc23)cc1. The van der Waals surface area contributed by atoms with Gasteiger partial charge in [-0.25, -0.2) is 13.4 Å². The molecule has 0 aliphatic heterocycles. The third-order valence-electron chi connectivity index (χ3n) is 4.57. The van der Waals surface area contributed by atoms with Crippen LogP contribution in [0.25, 0.3) is 21.8 Å². The molecule has 0 amide bonds. The van der Waals surface area contributed by atoms with Crippen molar-refractivity contribution in [1.82, 2.24) is 9.82 Å². The van der Waals surface area contributed by atoms with Crippen LogP contribution in [0.3, 0.4) is 0 Å². The number of nitrogens with one attached hydrogen (secondary N) is 2. The second-order valence-electron chi connectivity index (χ2n) is 6.29. The van der Waals surface area contributed by atoms with E-state index in [9.17, 15) is 8.42 Å². The summed E-state index contributed by atoms with van der Waals surface area (Å²) in [5.74, 6) is 1.23. The van der Waals surface area contributed by atoms with Crippen LogP contribution in [0.2, 0.25) is 0 Å². The van der Waals surface area contributed by atoms with Gasteiger partial charge in [0.15, 0.2) is 0 Å². The number of aromatic nitrogens is 1. The van der Waals surface area contributed by atoms with Gasteiger partial charge in [0.1, 0.15) is 11.5 Å². The number of sulfonamides is 1. The lowest BCUT2D eigenvalue weighted by atomic mass is 10.1. The Morgan fingerprint density at radius 1 is 0.793 bits per heavy atom. The number of nitrogens with zero attached hydrogens (tertiary/aromatic N) is 1. The van der Waals surface area contributed by atoms with Crippen LogP contribution in [0.15, 0.2) is 71.6 Å².